The van der Waals surface area contributed by atoms with Crippen molar-refractivity contribution in [3.63, 3.8) is 0 Å². The Morgan fingerprint density at radius 1 is 1.00 bits per heavy atom. The van der Waals surface area contributed by atoms with Crippen molar-refractivity contribution < 1.29 is 18.0 Å². The standard InChI is InChI=1S/C22H30N4O4S/c1-31(29,30)18-4-2-17(3-5-18)12-24-10-8-21(9-11-24)13-25(14-21)20(28)26-15-22(16-26)7-6-19(27)23-22/h2-5H,6-16H2,1H3,(H,23,27). The van der Waals surface area contributed by atoms with Crippen molar-refractivity contribution in [3.8, 4) is 0 Å². The topological polar surface area (TPSA) is 90.0 Å². The number of hydrogen-bond donors (Lipinski definition) is 1. The molecule has 1 aromatic rings. The number of piperidine rings is 1. The van der Waals surface area contributed by atoms with Crippen LogP contribution in [-0.2, 0) is 21.2 Å². The molecule has 0 unspecified atom stereocenters. The fourth-order valence-electron chi connectivity index (χ4n) is 5.53. The van der Waals surface area contributed by atoms with Gasteiger partial charge in [-0.3, -0.25) is 9.69 Å². The number of amides is 3. The van der Waals surface area contributed by atoms with Gasteiger partial charge in [0.1, 0.15) is 0 Å². The predicted octanol–water partition coefficient (Wildman–Crippen LogP) is 1.07. The summed E-state index contributed by atoms with van der Waals surface area (Å²) in [5.41, 5.74) is 1.22. The summed E-state index contributed by atoms with van der Waals surface area (Å²) in [7, 11) is -3.16. The molecule has 0 atom stereocenters. The van der Waals surface area contributed by atoms with Crippen LogP contribution in [0.5, 0.6) is 0 Å². The molecule has 8 nitrogen and oxygen atoms in total. The summed E-state index contributed by atoms with van der Waals surface area (Å²) >= 11 is 0. The minimum Gasteiger partial charge on any atom is -0.347 e. The second-order valence-corrected chi connectivity index (χ2v) is 12.0. The van der Waals surface area contributed by atoms with Crippen LogP contribution in [0.25, 0.3) is 0 Å². The summed E-state index contributed by atoms with van der Waals surface area (Å²) in [4.78, 5) is 30.8. The van der Waals surface area contributed by atoms with E-state index in [-0.39, 0.29) is 22.9 Å². The van der Waals surface area contributed by atoms with Crippen molar-refractivity contribution in [2.45, 2.75) is 42.7 Å². The van der Waals surface area contributed by atoms with Crippen LogP contribution in [0.3, 0.4) is 0 Å². The molecule has 4 heterocycles. The summed E-state index contributed by atoms with van der Waals surface area (Å²) in [6.45, 7) is 5.77. The molecule has 4 fully saturated rings. The minimum atomic E-state index is -3.16. The van der Waals surface area contributed by atoms with Gasteiger partial charge in [-0.25, -0.2) is 13.2 Å². The molecule has 4 saturated heterocycles. The third kappa shape index (κ3) is 3.93. The highest BCUT2D eigenvalue weighted by Crippen LogP contribution is 2.42. The number of sulfone groups is 1. The molecule has 0 bridgehead atoms. The summed E-state index contributed by atoms with van der Waals surface area (Å²) in [6.07, 6.45) is 4.81. The average molecular weight is 447 g/mol. The smallest absolute Gasteiger partial charge is 0.320 e. The second-order valence-electron chi connectivity index (χ2n) is 10.0. The molecule has 1 N–H and O–H groups in total. The number of likely N-dealkylation sites (tertiary alicyclic amines) is 3. The van der Waals surface area contributed by atoms with E-state index in [2.05, 4.69) is 10.2 Å². The number of carbonyl (C=O) groups is 2. The van der Waals surface area contributed by atoms with Gasteiger partial charge in [0.15, 0.2) is 9.84 Å². The molecule has 3 amide bonds. The zero-order valence-electron chi connectivity index (χ0n) is 18.0. The van der Waals surface area contributed by atoms with E-state index in [1.165, 1.54) is 6.26 Å². The third-order valence-corrected chi connectivity index (χ3v) is 8.62. The van der Waals surface area contributed by atoms with Gasteiger partial charge in [0.2, 0.25) is 5.91 Å². The minimum absolute atomic E-state index is 0.105. The summed E-state index contributed by atoms with van der Waals surface area (Å²) < 4.78 is 23.2. The molecule has 4 aliphatic rings. The predicted molar refractivity (Wildman–Crippen MR) is 115 cm³/mol. The third-order valence-electron chi connectivity index (χ3n) is 7.49. The van der Waals surface area contributed by atoms with E-state index < -0.39 is 9.84 Å². The molecular formula is C22H30N4O4S. The first-order chi connectivity index (χ1) is 14.7. The van der Waals surface area contributed by atoms with E-state index >= 15 is 0 Å². The normalized spacial score (nSPS) is 24.7. The number of nitrogens with one attached hydrogen (secondary N) is 1. The molecule has 5 rings (SSSR count). The van der Waals surface area contributed by atoms with Crippen molar-refractivity contribution in [1.29, 1.82) is 0 Å². The van der Waals surface area contributed by atoms with Crippen molar-refractivity contribution >= 4 is 21.8 Å². The van der Waals surface area contributed by atoms with Crippen LogP contribution < -0.4 is 5.32 Å². The number of hydrogen-bond acceptors (Lipinski definition) is 5. The zero-order valence-corrected chi connectivity index (χ0v) is 18.8. The van der Waals surface area contributed by atoms with Gasteiger partial charge in [-0.05, 0) is 50.0 Å². The van der Waals surface area contributed by atoms with Crippen LogP contribution in [0.4, 0.5) is 4.79 Å². The molecule has 168 valence electrons. The molecule has 1 aromatic carbocycles. The summed E-state index contributed by atoms with van der Waals surface area (Å²) in [6, 6.07) is 7.28. The lowest BCUT2D eigenvalue weighted by Crippen LogP contribution is -2.73. The number of rotatable bonds is 3. The van der Waals surface area contributed by atoms with Gasteiger partial charge >= 0.3 is 6.03 Å². The van der Waals surface area contributed by atoms with Crippen LogP contribution in [-0.4, -0.2) is 86.1 Å². The molecule has 4 aliphatic heterocycles. The number of urea groups is 1. The maximum absolute atomic E-state index is 12.7. The second kappa shape index (κ2) is 7.20. The lowest BCUT2D eigenvalue weighted by atomic mass is 9.72. The van der Waals surface area contributed by atoms with Crippen LogP contribution in [0.1, 0.15) is 31.2 Å². The van der Waals surface area contributed by atoms with Crippen LogP contribution >= 0.6 is 0 Å². The lowest BCUT2D eigenvalue weighted by molar-refractivity contribution is -0.120. The highest BCUT2D eigenvalue weighted by molar-refractivity contribution is 7.90. The first-order valence-corrected chi connectivity index (χ1v) is 12.9. The Balaban J connectivity index is 1.07. The van der Waals surface area contributed by atoms with E-state index in [1.54, 1.807) is 12.1 Å². The quantitative estimate of drug-likeness (QED) is 0.750. The number of benzene rings is 1. The monoisotopic (exact) mass is 446 g/mol. The van der Waals surface area contributed by atoms with Crippen molar-refractivity contribution in [2.24, 2.45) is 5.41 Å². The Kier molecular flexibility index (Phi) is 4.82. The molecular weight excluding hydrogens is 416 g/mol. The van der Waals surface area contributed by atoms with Gasteiger partial charge in [-0.1, -0.05) is 12.1 Å². The van der Waals surface area contributed by atoms with Gasteiger partial charge in [0, 0.05) is 50.8 Å². The molecule has 9 heteroatoms. The maximum Gasteiger partial charge on any atom is 0.320 e. The van der Waals surface area contributed by atoms with E-state index in [9.17, 15) is 18.0 Å². The molecule has 31 heavy (non-hydrogen) atoms. The van der Waals surface area contributed by atoms with Crippen molar-refractivity contribution in [2.75, 3.05) is 45.5 Å². The SMILES string of the molecule is CS(=O)(=O)c1ccc(CN2CCC3(CC2)CN(C(=O)N2CC4(CCC(=O)N4)C2)C3)cc1. The fraction of sp³-hybridized carbons (Fsp3) is 0.636. The van der Waals surface area contributed by atoms with Gasteiger partial charge < -0.3 is 15.1 Å². The Morgan fingerprint density at radius 3 is 2.16 bits per heavy atom. The first kappa shape index (κ1) is 20.8. The lowest BCUT2D eigenvalue weighted by Gasteiger charge is -2.57. The first-order valence-electron chi connectivity index (χ1n) is 11.0. The highest BCUT2D eigenvalue weighted by atomic mass is 32.2. The number of nitrogens with zero attached hydrogens (tertiary/aromatic N) is 3. The summed E-state index contributed by atoms with van der Waals surface area (Å²) in [5, 5.41) is 3.03. The van der Waals surface area contributed by atoms with E-state index in [4.69, 9.17) is 0 Å². The highest BCUT2D eigenvalue weighted by Gasteiger charge is 2.53. The van der Waals surface area contributed by atoms with Crippen molar-refractivity contribution in [3.05, 3.63) is 29.8 Å². The average Bonchev–Trinajstić information content (AvgIpc) is 3.07. The van der Waals surface area contributed by atoms with Gasteiger partial charge in [0.25, 0.3) is 0 Å². The number of carbonyl (C=O) groups excluding carboxylic acids is 2. The van der Waals surface area contributed by atoms with Gasteiger partial charge in [0.05, 0.1) is 10.4 Å². The van der Waals surface area contributed by atoms with Crippen molar-refractivity contribution in [1.82, 2.24) is 20.0 Å². The Hall–Kier alpha value is -2.13. The zero-order chi connectivity index (χ0) is 21.9. The van der Waals surface area contributed by atoms with E-state index in [0.717, 1.165) is 57.5 Å². The summed E-state index contributed by atoms with van der Waals surface area (Å²) in [5.74, 6) is 0.105. The largest absolute Gasteiger partial charge is 0.347 e. The fourth-order valence-corrected chi connectivity index (χ4v) is 6.16. The molecule has 0 saturated carbocycles. The van der Waals surface area contributed by atoms with E-state index in [1.807, 2.05) is 21.9 Å². The van der Waals surface area contributed by atoms with Gasteiger partial charge in [-0.2, -0.15) is 0 Å². The maximum atomic E-state index is 12.7. The Labute approximate surface area is 183 Å². The van der Waals surface area contributed by atoms with Crippen LogP contribution in [0, 0.1) is 5.41 Å². The molecule has 0 aliphatic carbocycles. The molecule has 0 aromatic heterocycles. The Bertz CT molecular complexity index is 985. The van der Waals surface area contributed by atoms with Crippen LogP contribution in [0.15, 0.2) is 29.2 Å². The van der Waals surface area contributed by atoms with Gasteiger partial charge in [-0.15, -0.1) is 0 Å². The molecule has 0 radical (unpaired) electrons. The van der Waals surface area contributed by atoms with E-state index in [0.29, 0.717) is 24.4 Å². The Morgan fingerprint density at radius 2 is 1.61 bits per heavy atom. The van der Waals surface area contributed by atoms with Crippen LogP contribution in [0.2, 0.25) is 0 Å². The molecule has 2 spiro atoms.